The first-order valence-electron chi connectivity index (χ1n) is 8.39. The van der Waals surface area contributed by atoms with Gasteiger partial charge in [-0.15, -0.1) is 0 Å². The van der Waals surface area contributed by atoms with Gasteiger partial charge in [0.05, 0.1) is 12.7 Å². The maximum absolute atomic E-state index is 12.4. The van der Waals surface area contributed by atoms with E-state index in [-0.39, 0.29) is 23.6 Å². The third kappa shape index (κ3) is 5.15. The van der Waals surface area contributed by atoms with Gasteiger partial charge in [0, 0.05) is 6.42 Å². The summed E-state index contributed by atoms with van der Waals surface area (Å²) in [6.07, 6.45) is 8.92. The van der Waals surface area contributed by atoms with E-state index in [9.17, 15) is 9.90 Å². The van der Waals surface area contributed by atoms with Crippen molar-refractivity contribution < 1.29 is 19.4 Å². The normalized spacial score (nSPS) is 23.4. The van der Waals surface area contributed by atoms with Gasteiger partial charge < -0.3 is 14.6 Å². The molecule has 0 heterocycles. The lowest BCUT2D eigenvalue weighted by molar-refractivity contribution is 0.0285. The van der Waals surface area contributed by atoms with E-state index in [1.165, 1.54) is 30.4 Å². The molecule has 0 radical (unpaired) electrons. The number of carbonyl (C=O) groups is 1. The van der Waals surface area contributed by atoms with E-state index in [2.05, 4.69) is 26.0 Å². The molecule has 0 fully saturated rings. The zero-order valence-electron chi connectivity index (χ0n) is 14.7. The number of carbonyl (C=O) groups excluding carboxylic acids is 1. The van der Waals surface area contributed by atoms with E-state index in [1.807, 2.05) is 0 Å². The van der Waals surface area contributed by atoms with Gasteiger partial charge in [-0.05, 0) is 57.7 Å². The molecule has 0 bridgehead atoms. The number of methoxy groups -OCH3 is 1. The van der Waals surface area contributed by atoms with E-state index in [0.29, 0.717) is 5.56 Å². The van der Waals surface area contributed by atoms with E-state index < -0.39 is 0 Å². The van der Waals surface area contributed by atoms with Crippen molar-refractivity contribution in [1.82, 2.24) is 0 Å². The summed E-state index contributed by atoms with van der Waals surface area (Å²) in [5, 5.41) is 9.63. The van der Waals surface area contributed by atoms with E-state index in [0.717, 1.165) is 32.1 Å². The largest absolute Gasteiger partial charge is 0.504 e. The molecule has 130 valence electrons. The van der Waals surface area contributed by atoms with Crippen LogP contribution in [0.4, 0.5) is 0 Å². The van der Waals surface area contributed by atoms with Crippen LogP contribution in [0.25, 0.3) is 0 Å². The van der Waals surface area contributed by atoms with Crippen molar-refractivity contribution in [3.63, 3.8) is 0 Å². The van der Waals surface area contributed by atoms with Crippen molar-refractivity contribution in [2.45, 2.75) is 52.1 Å². The van der Waals surface area contributed by atoms with Gasteiger partial charge in [0.25, 0.3) is 0 Å². The fraction of sp³-hybridized carbons (Fsp3) is 0.450. The number of esters is 1. The smallest absolute Gasteiger partial charge is 0.338 e. The van der Waals surface area contributed by atoms with Gasteiger partial charge >= 0.3 is 5.97 Å². The zero-order valence-corrected chi connectivity index (χ0v) is 14.7. The van der Waals surface area contributed by atoms with Gasteiger partial charge in [-0.2, -0.15) is 0 Å². The molecule has 1 aliphatic carbocycles. The Morgan fingerprint density at radius 1 is 1.17 bits per heavy atom. The van der Waals surface area contributed by atoms with Gasteiger partial charge in [0.2, 0.25) is 0 Å². The second-order valence-electron chi connectivity index (χ2n) is 6.34. The molecule has 0 saturated heterocycles. The zero-order chi connectivity index (χ0) is 17.5. The number of phenolic OH excluding ortho intramolecular Hbond substituents is 1. The van der Waals surface area contributed by atoms with E-state index >= 15 is 0 Å². The van der Waals surface area contributed by atoms with Crippen LogP contribution in [0.3, 0.4) is 0 Å². The Labute approximate surface area is 143 Å². The predicted molar refractivity (Wildman–Crippen MR) is 94.5 cm³/mol. The number of allylic oxidation sites excluding steroid dienone is 3. The lowest BCUT2D eigenvalue weighted by Crippen LogP contribution is -2.19. The molecule has 0 spiro atoms. The molecule has 0 aliphatic heterocycles. The highest BCUT2D eigenvalue weighted by Crippen LogP contribution is 2.27. The van der Waals surface area contributed by atoms with Gasteiger partial charge in [0.15, 0.2) is 11.5 Å². The summed E-state index contributed by atoms with van der Waals surface area (Å²) in [6, 6.07) is 4.50. The molecule has 0 aromatic heterocycles. The minimum absolute atomic E-state index is 0.00660. The molecular formula is C20H26O4. The SMILES string of the molecule is COc1cc(C(=O)OC2CC/C=C(\C)CC/C=C(/C)C2)ccc1O. The Bertz CT molecular complexity index is 643. The first-order chi connectivity index (χ1) is 11.5. The van der Waals surface area contributed by atoms with Crippen molar-refractivity contribution >= 4 is 5.97 Å². The molecule has 1 aromatic carbocycles. The summed E-state index contributed by atoms with van der Waals surface area (Å²) in [5.74, 6) is -0.110. The molecule has 1 aliphatic rings. The Kier molecular flexibility index (Phi) is 6.47. The average Bonchev–Trinajstić information content (AvgIpc) is 2.54. The third-order valence-electron chi connectivity index (χ3n) is 4.25. The van der Waals surface area contributed by atoms with Crippen LogP contribution in [0, 0.1) is 0 Å². The number of rotatable bonds is 3. The molecule has 1 unspecified atom stereocenters. The lowest BCUT2D eigenvalue weighted by Gasteiger charge is -2.19. The summed E-state index contributed by atoms with van der Waals surface area (Å²) in [5.41, 5.74) is 3.02. The van der Waals surface area contributed by atoms with Gasteiger partial charge in [0.1, 0.15) is 6.10 Å². The maximum Gasteiger partial charge on any atom is 0.338 e. The minimum atomic E-state index is -0.385. The molecular weight excluding hydrogens is 304 g/mol. The highest BCUT2D eigenvalue weighted by molar-refractivity contribution is 5.90. The van der Waals surface area contributed by atoms with Crippen LogP contribution in [0.1, 0.15) is 56.3 Å². The first-order valence-corrected chi connectivity index (χ1v) is 8.39. The topological polar surface area (TPSA) is 55.8 Å². The Hall–Kier alpha value is -2.23. The minimum Gasteiger partial charge on any atom is -0.504 e. The van der Waals surface area contributed by atoms with Gasteiger partial charge in [-0.25, -0.2) is 4.79 Å². The fourth-order valence-electron chi connectivity index (χ4n) is 2.83. The summed E-state index contributed by atoms with van der Waals surface area (Å²) in [4.78, 5) is 12.4. The standard InChI is InChI=1S/C20H26O4/c1-14-6-4-8-15(2)12-17(9-5-7-14)24-20(22)16-10-11-18(21)19(13-16)23-3/h7-8,10-11,13,17,21H,4-6,9,12H2,1-3H3/b14-7+,15-8-. The number of aromatic hydroxyl groups is 1. The molecule has 0 amide bonds. The Morgan fingerprint density at radius 3 is 2.67 bits per heavy atom. The highest BCUT2D eigenvalue weighted by Gasteiger charge is 2.18. The summed E-state index contributed by atoms with van der Waals surface area (Å²) in [6.45, 7) is 4.24. The van der Waals surface area contributed by atoms with E-state index in [1.54, 1.807) is 6.07 Å². The molecule has 2 rings (SSSR count). The van der Waals surface area contributed by atoms with Crippen molar-refractivity contribution in [3.8, 4) is 11.5 Å². The van der Waals surface area contributed by atoms with Crippen LogP contribution < -0.4 is 4.74 Å². The fourth-order valence-corrected chi connectivity index (χ4v) is 2.83. The van der Waals surface area contributed by atoms with Crippen LogP contribution in [-0.4, -0.2) is 24.3 Å². The number of hydrogen-bond donors (Lipinski definition) is 1. The monoisotopic (exact) mass is 330 g/mol. The van der Waals surface area contributed by atoms with E-state index in [4.69, 9.17) is 9.47 Å². The molecule has 0 saturated carbocycles. The van der Waals surface area contributed by atoms with Crippen molar-refractivity contribution in [1.29, 1.82) is 0 Å². The van der Waals surface area contributed by atoms with Gasteiger partial charge in [-0.3, -0.25) is 0 Å². The molecule has 4 nitrogen and oxygen atoms in total. The lowest BCUT2D eigenvalue weighted by atomic mass is 9.99. The molecule has 24 heavy (non-hydrogen) atoms. The third-order valence-corrected chi connectivity index (χ3v) is 4.25. The van der Waals surface area contributed by atoms with Crippen LogP contribution in [0.5, 0.6) is 11.5 Å². The molecule has 1 atom stereocenters. The molecule has 1 aromatic rings. The van der Waals surface area contributed by atoms with Crippen molar-refractivity contribution in [2.75, 3.05) is 7.11 Å². The van der Waals surface area contributed by atoms with Crippen LogP contribution in [-0.2, 0) is 4.74 Å². The summed E-state index contributed by atoms with van der Waals surface area (Å²) in [7, 11) is 1.45. The highest BCUT2D eigenvalue weighted by atomic mass is 16.5. The molecule has 4 heteroatoms. The van der Waals surface area contributed by atoms with Crippen LogP contribution in [0.15, 0.2) is 41.5 Å². The second-order valence-corrected chi connectivity index (χ2v) is 6.34. The number of ether oxygens (including phenoxy) is 2. The Balaban J connectivity index is 2.09. The van der Waals surface area contributed by atoms with Crippen molar-refractivity contribution in [2.24, 2.45) is 0 Å². The number of hydrogen-bond acceptors (Lipinski definition) is 4. The first kappa shape index (κ1) is 18.1. The van der Waals surface area contributed by atoms with Crippen LogP contribution in [0.2, 0.25) is 0 Å². The number of phenols is 1. The average molecular weight is 330 g/mol. The Morgan fingerprint density at radius 2 is 1.92 bits per heavy atom. The quantitative estimate of drug-likeness (QED) is 0.640. The summed E-state index contributed by atoms with van der Waals surface area (Å²) < 4.78 is 10.8. The second kappa shape index (κ2) is 8.57. The van der Waals surface area contributed by atoms with Gasteiger partial charge in [-0.1, -0.05) is 23.3 Å². The van der Waals surface area contributed by atoms with Crippen molar-refractivity contribution in [3.05, 3.63) is 47.1 Å². The predicted octanol–water partition coefficient (Wildman–Crippen LogP) is 4.78. The van der Waals surface area contributed by atoms with Crippen LogP contribution >= 0.6 is 0 Å². The maximum atomic E-state index is 12.4. The summed E-state index contributed by atoms with van der Waals surface area (Å²) >= 11 is 0. The molecule has 1 N–H and O–H groups in total. The number of benzene rings is 1.